The van der Waals surface area contributed by atoms with Crippen LogP contribution in [0.2, 0.25) is 0 Å². The zero-order chi connectivity index (χ0) is 10.4. The molecule has 0 aliphatic heterocycles. The van der Waals surface area contributed by atoms with Crippen LogP contribution >= 0.6 is 0 Å². The summed E-state index contributed by atoms with van der Waals surface area (Å²) in [6.07, 6.45) is 0. The number of rotatable bonds is 1. The lowest BCUT2D eigenvalue weighted by atomic mass is 10.2. The Morgan fingerprint density at radius 3 is 2.31 bits per heavy atom. The Labute approximate surface area is 76.8 Å². The average Bonchev–Trinajstić information content (AvgIpc) is 2.07. The van der Waals surface area contributed by atoms with E-state index in [0.717, 1.165) is 12.1 Å². The molecule has 0 spiro atoms. The number of carbonyl (C=O) groups excluding carboxylic acids is 1. The fourth-order valence-electron chi connectivity index (χ4n) is 0.689. The maximum Gasteiger partial charge on any atom is 0.251 e. The van der Waals surface area contributed by atoms with Gasteiger partial charge in [0.15, 0.2) is 0 Å². The predicted molar refractivity (Wildman–Crippen MR) is 48.3 cm³/mol. The van der Waals surface area contributed by atoms with Crippen LogP contribution in [0.5, 0.6) is 0 Å². The molecule has 0 fully saturated rings. The van der Waals surface area contributed by atoms with Gasteiger partial charge in [0.25, 0.3) is 5.91 Å². The Kier molecular flexibility index (Phi) is 4.66. The minimum absolute atomic E-state index is 0. The van der Waals surface area contributed by atoms with Crippen molar-refractivity contribution in [3.63, 3.8) is 0 Å². The number of hydrogen-bond donors (Lipinski definition) is 1. The SMILES string of the molecule is CC.NC(=O)c1ccc(F)cc1F.[HH]. The van der Waals surface area contributed by atoms with E-state index in [1.165, 1.54) is 0 Å². The van der Waals surface area contributed by atoms with E-state index in [1.807, 2.05) is 13.8 Å². The van der Waals surface area contributed by atoms with Gasteiger partial charge in [-0.3, -0.25) is 4.79 Å². The Morgan fingerprint density at radius 1 is 1.38 bits per heavy atom. The van der Waals surface area contributed by atoms with E-state index in [1.54, 1.807) is 0 Å². The first kappa shape index (κ1) is 11.6. The lowest BCUT2D eigenvalue weighted by molar-refractivity contribution is 0.0996. The fraction of sp³-hybridized carbons (Fsp3) is 0.222. The van der Waals surface area contributed by atoms with E-state index in [2.05, 4.69) is 0 Å². The normalized spacial score (nSPS) is 8.62. The molecule has 0 aliphatic carbocycles. The standard InChI is InChI=1S/C7H5F2NO.C2H6.H2/c8-4-1-2-5(7(10)11)6(9)3-4;1-2;/h1-3H,(H2,10,11);1-2H3;1H. The molecule has 0 radical (unpaired) electrons. The summed E-state index contributed by atoms with van der Waals surface area (Å²) in [5.74, 6) is -2.56. The number of benzene rings is 1. The highest BCUT2D eigenvalue weighted by molar-refractivity contribution is 5.92. The van der Waals surface area contributed by atoms with Gasteiger partial charge in [0.05, 0.1) is 5.56 Å². The summed E-state index contributed by atoms with van der Waals surface area (Å²) >= 11 is 0. The van der Waals surface area contributed by atoms with Crippen LogP contribution in [0, 0.1) is 11.6 Å². The highest BCUT2D eigenvalue weighted by Crippen LogP contribution is 2.07. The third kappa shape index (κ3) is 3.19. The first-order chi connectivity index (χ1) is 6.11. The van der Waals surface area contributed by atoms with Crippen LogP contribution in [0.15, 0.2) is 18.2 Å². The molecule has 0 unspecified atom stereocenters. The highest BCUT2D eigenvalue weighted by atomic mass is 19.1. The molecule has 0 saturated carbocycles. The molecule has 74 valence electrons. The monoisotopic (exact) mass is 189 g/mol. The molecule has 0 bridgehead atoms. The molecule has 1 rings (SSSR count). The van der Waals surface area contributed by atoms with Gasteiger partial charge in [-0.25, -0.2) is 8.78 Å². The van der Waals surface area contributed by atoms with E-state index in [0.29, 0.717) is 6.07 Å². The van der Waals surface area contributed by atoms with Crippen molar-refractivity contribution in [2.45, 2.75) is 13.8 Å². The zero-order valence-electron chi connectivity index (χ0n) is 7.47. The van der Waals surface area contributed by atoms with Crippen LogP contribution in [0.4, 0.5) is 8.78 Å². The molecule has 0 aliphatic rings. The molecule has 1 aromatic carbocycles. The molecule has 0 saturated heterocycles. The van der Waals surface area contributed by atoms with Crippen molar-refractivity contribution >= 4 is 5.91 Å². The van der Waals surface area contributed by atoms with Gasteiger partial charge in [0.2, 0.25) is 0 Å². The lowest BCUT2D eigenvalue weighted by Crippen LogP contribution is -2.12. The number of halogens is 2. The molecule has 0 aromatic heterocycles. The zero-order valence-corrected chi connectivity index (χ0v) is 7.47. The van der Waals surface area contributed by atoms with Gasteiger partial charge >= 0.3 is 0 Å². The van der Waals surface area contributed by atoms with Gasteiger partial charge in [0, 0.05) is 7.49 Å². The van der Waals surface area contributed by atoms with Gasteiger partial charge in [0.1, 0.15) is 11.6 Å². The molecule has 2 N–H and O–H groups in total. The van der Waals surface area contributed by atoms with Crippen molar-refractivity contribution in [1.82, 2.24) is 0 Å². The average molecular weight is 189 g/mol. The Morgan fingerprint density at radius 2 is 1.92 bits per heavy atom. The van der Waals surface area contributed by atoms with E-state index in [4.69, 9.17) is 5.73 Å². The van der Waals surface area contributed by atoms with E-state index in [9.17, 15) is 13.6 Å². The summed E-state index contributed by atoms with van der Waals surface area (Å²) in [6.45, 7) is 4.00. The smallest absolute Gasteiger partial charge is 0.251 e. The van der Waals surface area contributed by atoms with Gasteiger partial charge in [-0.1, -0.05) is 13.8 Å². The summed E-state index contributed by atoms with van der Waals surface area (Å²) in [5.41, 5.74) is 4.46. The summed E-state index contributed by atoms with van der Waals surface area (Å²) < 4.78 is 24.8. The topological polar surface area (TPSA) is 43.1 Å². The summed E-state index contributed by atoms with van der Waals surface area (Å²) in [5, 5.41) is 0. The quantitative estimate of drug-likeness (QED) is 0.723. The molecule has 13 heavy (non-hydrogen) atoms. The van der Waals surface area contributed by atoms with Crippen molar-refractivity contribution in [2.24, 2.45) is 5.73 Å². The van der Waals surface area contributed by atoms with Crippen molar-refractivity contribution in [1.29, 1.82) is 0 Å². The van der Waals surface area contributed by atoms with Crippen LogP contribution in [0.1, 0.15) is 25.6 Å². The van der Waals surface area contributed by atoms with E-state index < -0.39 is 17.5 Å². The van der Waals surface area contributed by atoms with Crippen LogP contribution in [0.3, 0.4) is 0 Å². The Bertz CT molecular complexity index is 305. The number of primary amides is 1. The molecule has 1 amide bonds. The largest absolute Gasteiger partial charge is 0.366 e. The number of carbonyl (C=O) groups is 1. The summed E-state index contributed by atoms with van der Waals surface area (Å²) in [7, 11) is 0. The van der Waals surface area contributed by atoms with Gasteiger partial charge in [-0.15, -0.1) is 0 Å². The van der Waals surface area contributed by atoms with Gasteiger partial charge in [-0.2, -0.15) is 0 Å². The maximum absolute atomic E-state index is 12.6. The van der Waals surface area contributed by atoms with Crippen LogP contribution in [-0.4, -0.2) is 5.91 Å². The second-order valence-corrected chi connectivity index (χ2v) is 1.99. The van der Waals surface area contributed by atoms with Crippen LogP contribution < -0.4 is 5.73 Å². The Balaban J connectivity index is 0. The second kappa shape index (κ2) is 5.24. The van der Waals surface area contributed by atoms with E-state index in [-0.39, 0.29) is 6.99 Å². The first-order valence-electron chi connectivity index (χ1n) is 3.86. The second-order valence-electron chi connectivity index (χ2n) is 1.99. The molecule has 2 nitrogen and oxygen atoms in total. The third-order valence-corrected chi connectivity index (χ3v) is 1.20. The molecular weight excluding hydrogens is 176 g/mol. The molecule has 0 atom stereocenters. The first-order valence-corrected chi connectivity index (χ1v) is 3.86. The molecule has 4 heteroatoms. The van der Waals surface area contributed by atoms with Crippen LogP contribution in [0.25, 0.3) is 0 Å². The summed E-state index contributed by atoms with van der Waals surface area (Å²) in [6, 6.07) is 2.59. The van der Waals surface area contributed by atoms with Crippen LogP contribution in [-0.2, 0) is 0 Å². The molecular formula is C9H13F2NO. The van der Waals surface area contributed by atoms with Crippen molar-refractivity contribution in [3.05, 3.63) is 35.4 Å². The third-order valence-electron chi connectivity index (χ3n) is 1.20. The highest BCUT2D eigenvalue weighted by Gasteiger charge is 2.07. The Hall–Kier alpha value is -1.45. The lowest BCUT2D eigenvalue weighted by Gasteiger charge is -1.95. The van der Waals surface area contributed by atoms with Crippen molar-refractivity contribution < 1.29 is 15.0 Å². The minimum atomic E-state index is -0.933. The van der Waals surface area contributed by atoms with Gasteiger partial charge in [-0.05, 0) is 12.1 Å². The summed E-state index contributed by atoms with van der Waals surface area (Å²) in [4.78, 5) is 10.4. The van der Waals surface area contributed by atoms with E-state index >= 15 is 0 Å². The minimum Gasteiger partial charge on any atom is -0.366 e. The van der Waals surface area contributed by atoms with Crippen molar-refractivity contribution in [2.75, 3.05) is 0 Å². The van der Waals surface area contributed by atoms with Gasteiger partial charge < -0.3 is 5.73 Å². The fourth-order valence-corrected chi connectivity index (χ4v) is 0.689. The molecule has 0 heterocycles. The predicted octanol–water partition coefficient (Wildman–Crippen LogP) is 2.34. The number of nitrogens with two attached hydrogens (primary N) is 1. The van der Waals surface area contributed by atoms with Crippen molar-refractivity contribution in [3.8, 4) is 0 Å². The number of amides is 1. The molecule has 1 aromatic rings. The maximum atomic E-state index is 12.6. The number of hydrogen-bond acceptors (Lipinski definition) is 1.